The Hall–Kier alpha value is -5.32. The van der Waals surface area contributed by atoms with Crippen LogP contribution in [0.15, 0.2) is 42.6 Å². The van der Waals surface area contributed by atoms with Gasteiger partial charge in [-0.2, -0.15) is 27.1 Å². The maximum atomic E-state index is 14.9. The third-order valence-corrected chi connectivity index (χ3v) is 9.17. The number of benzene rings is 2. The van der Waals surface area contributed by atoms with Crippen molar-refractivity contribution < 1.29 is 50.9 Å². The van der Waals surface area contributed by atoms with Gasteiger partial charge in [0.25, 0.3) is 11.8 Å². The molecule has 0 radical (unpaired) electrons. The van der Waals surface area contributed by atoms with Crippen molar-refractivity contribution in [2.24, 2.45) is 5.73 Å². The van der Waals surface area contributed by atoms with Gasteiger partial charge in [0.2, 0.25) is 11.5 Å². The van der Waals surface area contributed by atoms with Crippen LogP contribution in [0.2, 0.25) is 0 Å². The number of carbonyl (C=O) groups is 3. The van der Waals surface area contributed by atoms with Gasteiger partial charge >= 0.3 is 12.1 Å². The van der Waals surface area contributed by atoms with E-state index in [1.54, 1.807) is 10.9 Å². The van der Waals surface area contributed by atoms with Crippen molar-refractivity contribution in [3.05, 3.63) is 65.0 Å². The Kier molecular flexibility index (Phi) is 6.97. The summed E-state index contributed by atoms with van der Waals surface area (Å²) in [5.41, 5.74) is -2.51. The molecule has 49 heavy (non-hydrogen) atoms. The van der Waals surface area contributed by atoms with Crippen LogP contribution in [0.3, 0.4) is 0 Å². The fourth-order valence-electron chi connectivity index (χ4n) is 5.96. The zero-order valence-corrected chi connectivity index (χ0v) is 25.7. The summed E-state index contributed by atoms with van der Waals surface area (Å²) in [5.74, 6) is -7.56. The second kappa shape index (κ2) is 10.6. The van der Waals surface area contributed by atoms with Gasteiger partial charge in [-0.05, 0) is 50.1 Å². The maximum absolute atomic E-state index is 14.9. The molecule has 4 heterocycles. The lowest BCUT2D eigenvalue weighted by Crippen LogP contribution is -2.51. The first-order valence-electron chi connectivity index (χ1n) is 14.9. The molecule has 17 heteroatoms. The van der Waals surface area contributed by atoms with Gasteiger partial charge in [0.15, 0.2) is 0 Å². The Morgan fingerprint density at radius 1 is 1.18 bits per heavy atom. The molecule has 2 aromatic heterocycles. The first-order valence-corrected chi connectivity index (χ1v) is 14.9. The van der Waals surface area contributed by atoms with Gasteiger partial charge in [0, 0.05) is 28.3 Å². The van der Waals surface area contributed by atoms with E-state index in [-0.39, 0.29) is 39.9 Å². The molecule has 256 valence electrons. The number of primary amides is 1. The Morgan fingerprint density at radius 2 is 1.92 bits per heavy atom. The Morgan fingerprint density at radius 3 is 2.57 bits per heavy atom. The van der Waals surface area contributed by atoms with E-state index in [1.165, 1.54) is 32.2 Å². The Labute approximate surface area is 273 Å². The number of aliphatic hydroxyl groups is 1. The second-order valence-electron chi connectivity index (χ2n) is 12.5. The molecule has 7 rings (SSSR count). The highest BCUT2D eigenvalue weighted by atomic mass is 19.4. The summed E-state index contributed by atoms with van der Waals surface area (Å²) in [7, 11) is 1.35. The topological polar surface area (TPSA) is 171 Å². The highest BCUT2D eigenvalue weighted by molar-refractivity contribution is 6.04. The van der Waals surface area contributed by atoms with Crippen molar-refractivity contribution >= 4 is 34.3 Å². The zero-order valence-electron chi connectivity index (χ0n) is 25.7. The predicted octanol–water partition coefficient (Wildman–Crippen LogP) is 3.80. The van der Waals surface area contributed by atoms with Gasteiger partial charge < -0.3 is 30.9 Å². The number of anilines is 1. The monoisotopic (exact) mass is 686 g/mol. The highest BCUT2D eigenvalue weighted by Gasteiger charge is 2.58. The number of pyridine rings is 1. The number of rotatable bonds is 8. The molecule has 2 aliphatic heterocycles. The van der Waals surface area contributed by atoms with Crippen LogP contribution in [-0.4, -0.2) is 64.0 Å². The van der Waals surface area contributed by atoms with Crippen molar-refractivity contribution in [3.63, 3.8) is 0 Å². The number of nitrogens with one attached hydrogen (secondary N) is 2. The standard InChI is InChI=1S/C32H27F5N6O6/c1-29(27(38)45)13-49-25-19(29)10-22(41-24(25)14-3-6-20-18(8-14)31(33,34)28(46)40-20)30(47,32(35,36)37)12-39-26(44)15-7-16-11-43(17-4-5-17)42-23(16)21(9-15)48-2/h3,6-11,17,47H,4-5,12-13H2,1-2H3,(H2,38,45)(H,39,44)(H,40,46)/t29-,30-/m0/s1. The van der Waals surface area contributed by atoms with Gasteiger partial charge in [-0.1, -0.05) is 6.07 Å². The van der Waals surface area contributed by atoms with E-state index in [9.17, 15) is 41.4 Å². The summed E-state index contributed by atoms with van der Waals surface area (Å²) in [6.07, 6.45) is -1.92. The van der Waals surface area contributed by atoms with Gasteiger partial charge in [-0.3, -0.25) is 19.1 Å². The Bertz CT molecular complexity index is 2100. The minimum absolute atomic E-state index is 0.0799. The largest absolute Gasteiger partial charge is 0.494 e. The number of nitrogens with two attached hydrogens (primary N) is 1. The maximum Gasteiger partial charge on any atom is 0.424 e. The molecule has 5 N–H and O–H groups in total. The fraction of sp³-hybridized carbons (Fsp3) is 0.344. The molecule has 0 saturated heterocycles. The number of halogens is 5. The second-order valence-corrected chi connectivity index (χ2v) is 12.5. The lowest BCUT2D eigenvalue weighted by Gasteiger charge is -2.31. The lowest BCUT2D eigenvalue weighted by molar-refractivity contribution is -0.265. The number of carbonyl (C=O) groups excluding carboxylic acids is 3. The number of alkyl halides is 5. The number of methoxy groups -OCH3 is 1. The summed E-state index contributed by atoms with van der Waals surface area (Å²) >= 11 is 0. The zero-order chi connectivity index (χ0) is 35.3. The van der Waals surface area contributed by atoms with Crippen LogP contribution in [0.4, 0.5) is 27.6 Å². The van der Waals surface area contributed by atoms with Crippen LogP contribution in [0.1, 0.15) is 53.0 Å². The normalized spacial score (nSPS) is 20.6. The van der Waals surface area contributed by atoms with Crippen LogP contribution < -0.4 is 25.8 Å². The molecule has 0 bridgehead atoms. The minimum Gasteiger partial charge on any atom is -0.494 e. The molecule has 2 aromatic carbocycles. The van der Waals surface area contributed by atoms with E-state index in [4.69, 9.17) is 15.2 Å². The molecule has 0 unspecified atom stereocenters. The third-order valence-electron chi connectivity index (χ3n) is 9.17. The number of hydrogen-bond acceptors (Lipinski definition) is 8. The predicted molar refractivity (Wildman–Crippen MR) is 161 cm³/mol. The molecule has 3 amide bonds. The van der Waals surface area contributed by atoms with Crippen molar-refractivity contribution in [2.45, 2.75) is 48.9 Å². The molecule has 1 aliphatic carbocycles. The van der Waals surface area contributed by atoms with E-state index in [0.29, 0.717) is 10.9 Å². The molecular weight excluding hydrogens is 659 g/mol. The van der Waals surface area contributed by atoms with Gasteiger partial charge in [-0.15, -0.1) is 0 Å². The summed E-state index contributed by atoms with van der Waals surface area (Å²) in [6.45, 7) is -0.575. The average molecular weight is 687 g/mol. The van der Waals surface area contributed by atoms with Gasteiger partial charge in [0.1, 0.15) is 34.7 Å². The molecular formula is C32H27F5N6O6. The number of fused-ring (bicyclic) bond motifs is 3. The molecule has 1 fully saturated rings. The summed E-state index contributed by atoms with van der Waals surface area (Å²) in [4.78, 5) is 41.7. The molecule has 4 aromatic rings. The molecule has 2 atom stereocenters. The number of hydrogen-bond donors (Lipinski definition) is 4. The van der Waals surface area contributed by atoms with Gasteiger partial charge in [-0.25, -0.2) is 4.98 Å². The van der Waals surface area contributed by atoms with E-state index < -0.39 is 70.9 Å². The third kappa shape index (κ3) is 4.93. The van der Waals surface area contributed by atoms with E-state index in [0.717, 1.165) is 31.0 Å². The number of ether oxygens (including phenoxy) is 2. The van der Waals surface area contributed by atoms with Crippen molar-refractivity contribution in [2.75, 3.05) is 25.6 Å². The summed E-state index contributed by atoms with van der Waals surface area (Å²) in [6, 6.07) is 6.91. The lowest BCUT2D eigenvalue weighted by atomic mass is 9.81. The Balaban J connectivity index is 1.30. The first-order chi connectivity index (χ1) is 23.0. The van der Waals surface area contributed by atoms with Crippen molar-refractivity contribution in [1.29, 1.82) is 0 Å². The number of nitrogens with zero attached hydrogens (tertiary/aromatic N) is 3. The smallest absolute Gasteiger partial charge is 0.424 e. The quantitative estimate of drug-likeness (QED) is 0.203. The first kappa shape index (κ1) is 32.2. The number of amides is 3. The molecule has 12 nitrogen and oxygen atoms in total. The molecule has 3 aliphatic rings. The van der Waals surface area contributed by atoms with Crippen molar-refractivity contribution in [1.82, 2.24) is 20.1 Å². The van der Waals surface area contributed by atoms with E-state index >= 15 is 0 Å². The SMILES string of the molecule is COc1cc(C(=O)NC[C@](O)(c2cc3c(c(-c4ccc5c(c4)C(F)(F)C(=O)N5)n2)OC[C@]3(C)C(N)=O)C(F)(F)F)cc2cn(C3CC3)nc12. The summed E-state index contributed by atoms with van der Waals surface area (Å²) < 4.78 is 86.7. The average Bonchev–Trinajstić information content (AvgIpc) is 3.66. The van der Waals surface area contributed by atoms with Crippen LogP contribution in [-0.2, 0) is 26.5 Å². The fourth-order valence-corrected chi connectivity index (χ4v) is 5.96. The van der Waals surface area contributed by atoms with Crippen LogP contribution in [0, 0.1) is 0 Å². The van der Waals surface area contributed by atoms with Crippen LogP contribution in [0.5, 0.6) is 11.5 Å². The molecule has 1 saturated carbocycles. The van der Waals surface area contributed by atoms with Gasteiger partial charge in [0.05, 0.1) is 36.6 Å². The van der Waals surface area contributed by atoms with E-state index in [2.05, 4.69) is 15.4 Å². The summed E-state index contributed by atoms with van der Waals surface area (Å²) in [5, 5.41) is 20.5. The van der Waals surface area contributed by atoms with Crippen LogP contribution >= 0.6 is 0 Å². The number of aromatic nitrogens is 3. The van der Waals surface area contributed by atoms with E-state index in [1.807, 2.05) is 5.32 Å². The minimum atomic E-state index is -5.48. The van der Waals surface area contributed by atoms with Crippen LogP contribution in [0.25, 0.3) is 22.2 Å². The van der Waals surface area contributed by atoms with Crippen molar-refractivity contribution in [3.8, 4) is 22.8 Å². The molecule has 0 spiro atoms. The highest BCUT2D eigenvalue weighted by Crippen LogP contribution is 2.49.